The van der Waals surface area contributed by atoms with Gasteiger partial charge in [0.1, 0.15) is 5.82 Å². The lowest BCUT2D eigenvalue weighted by molar-refractivity contribution is -0.148. The topological polar surface area (TPSA) is 88.5 Å². The van der Waals surface area contributed by atoms with Crippen LogP contribution in [0.1, 0.15) is 16.3 Å². The molecule has 8 heteroatoms. The molecule has 1 amide bonds. The van der Waals surface area contributed by atoms with Gasteiger partial charge in [-0.15, -0.1) is 11.3 Å². The number of carbonyl (C=O) groups excluding carboxylic acids is 1. The molecular formula is C16H17FN2O4S. The Morgan fingerprint density at radius 1 is 1.38 bits per heavy atom. The van der Waals surface area contributed by atoms with Crippen LogP contribution in [0.4, 0.5) is 4.39 Å². The van der Waals surface area contributed by atoms with E-state index in [1.807, 2.05) is 0 Å². The van der Waals surface area contributed by atoms with Crippen molar-refractivity contribution in [2.24, 2.45) is 0 Å². The molecule has 2 rings (SSSR count). The monoisotopic (exact) mass is 352 g/mol. The van der Waals surface area contributed by atoms with Crippen LogP contribution in [-0.2, 0) is 27.2 Å². The predicted molar refractivity (Wildman–Crippen MR) is 86.5 cm³/mol. The van der Waals surface area contributed by atoms with Gasteiger partial charge in [-0.2, -0.15) is 0 Å². The van der Waals surface area contributed by atoms with Gasteiger partial charge in [0.15, 0.2) is 6.10 Å². The molecule has 24 heavy (non-hydrogen) atoms. The maximum absolute atomic E-state index is 12.9. The predicted octanol–water partition coefficient (Wildman–Crippen LogP) is 1.63. The minimum atomic E-state index is -1.13. The number of rotatable bonds is 8. The number of halogens is 1. The van der Waals surface area contributed by atoms with E-state index in [-0.39, 0.29) is 24.7 Å². The van der Waals surface area contributed by atoms with Gasteiger partial charge in [-0.3, -0.25) is 4.79 Å². The fourth-order valence-corrected chi connectivity index (χ4v) is 2.82. The zero-order valence-corrected chi connectivity index (χ0v) is 13.8. The summed E-state index contributed by atoms with van der Waals surface area (Å²) in [5, 5.41) is 13.9. The van der Waals surface area contributed by atoms with E-state index in [1.165, 1.54) is 30.6 Å². The maximum Gasteiger partial charge on any atom is 0.334 e. The second-order valence-electron chi connectivity index (χ2n) is 5.08. The molecule has 6 nitrogen and oxygen atoms in total. The first-order chi connectivity index (χ1) is 11.5. The summed E-state index contributed by atoms with van der Waals surface area (Å²) in [6.07, 6.45) is -0.439. The highest BCUT2D eigenvalue weighted by Crippen LogP contribution is 2.15. The van der Waals surface area contributed by atoms with Crippen molar-refractivity contribution in [3.63, 3.8) is 0 Å². The Balaban J connectivity index is 1.85. The number of thiazole rings is 1. The van der Waals surface area contributed by atoms with Gasteiger partial charge in [-0.1, -0.05) is 12.1 Å². The van der Waals surface area contributed by atoms with Gasteiger partial charge in [0.25, 0.3) is 0 Å². The molecule has 1 aromatic carbocycles. The van der Waals surface area contributed by atoms with Crippen LogP contribution in [0, 0.1) is 5.82 Å². The second kappa shape index (κ2) is 8.51. The van der Waals surface area contributed by atoms with Crippen LogP contribution in [0.3, 0.4) is 0 Å². The highest BCUT2D eigenvalue weighted by atomic mass is 32.1. The van der Waals surface area contributed by atoms with Crippen LogP contribution in [0.15, 0.2) is 29.6 Å². The number of hydrogen-bond donors (Lipinski definition) is 2. The zero-order chi connectivity index (χ0) is 17.5. The van der Waals surface area contributed by atoms with E-state index in [0.29, 0.717) is 12.1 Å². The first kappa shape index (κ1) is 18.0. The van der Waals surface area contributed by atoms with Gasteiger partial charge >= 0.3 is 5.97 Å². The number of methoxy groups -OCH3 is 1. The van der Waals surface area contributed by atoms with Crippen molar-refractivity contribution in [2.75, 3.05) is 13.7 Å². The SMILES string of the molecule is COC(CNC(=O)Cc1csc(Cc2ccc(F)cc2)n1)C(=O)O. The quantitative estimate of drug-likeness (QED) is 0.754. The fraction of sp³-hybridized carbons (Fsp3) is 0.312. The minimum absolute atomic E-state index is 0.0654. The van der Waals surface area contributed by atoms with Gasteiger partial charge in [-0.05, 0) is 17.7 Å². The lowest BCUT2D eigenvalue weighted by Gasteiger charge is -2.10. The van der Waals surface area contributed by atoms with Crippen LogP contribution in [0.5, 0.6) is 0 Å². The van der Waals surface area contributed by atoms with E-state index < -0.39 is 12.1 Å². The van der Waals surface area contributed by atoms with Crippen molar-refractivity contribution in [1.29, 1.82) is 0 Å². The first-order valence-electron chi connectivity index (χ1n) is 7.18. The van der Waals surface area contributed by atoms with Crippen LogP contribution < -0.4 is 5.32 Å². The maximum atomic E-state index is 12.9. The van der Waals surface area contributed by atoms with E-state index in [4.69, 9.17) is 9.84 Å². The smallest absolute Gasteiger partial charge is 0.334 e. The van der Waals surface area contributed by atoms with Gasteiger partial charge in [0.2, 0.25) is 5.91 Å². The van der Waals surface area contributed by atoms with E-state index in [0.717, 1.165) is 10.6 Å². The molecule has 0 bridgehead atoms. The normalized spacial score (nSPS) is 11.9. The van der Waals surface area contributed by atoms with E-state index in [1.54, 1.807) is 17.5 Å². The lowest BCUT2D eigenvalue weighted by atomic mass is 10.1. The summed E-state index contributed by atoms with van der Waals surface area (Å²) in [7, 11) is 1.27. The molecule has 0 aliphatic rings. The zero-order valence-electron chi connectivity index (χ0n) is 13.0. The lowest BCUT2D eigenvalue weighted by Crippen LogP contribution is -2.38. The van der Waals surface area contributed by atoms with Crippen LogP contribution >= 0.6 is 11.3 Å². The summed E-state index contributed by atoms with van der Waals surface area (Å²) >= 11 is 1.42. The van der Waals surface area contributed by atoms with Crippen molar-refractivity contribution in [1.82, 2.24) is 10.3 Å². The highest BCUT2D eigenvalue weighted by molar-refractivity contribution is 7.09. The Labute approximate surface area is 142 Å². The highest BCUT2D eigenvalue weighted by Gasteiger charge is 2.17. The number of amides is 1. The molecule has 1 unspecified atom stereocenters. The van der Waals surface area contributed by atoms with E-state index in [9.17, 15) is 14.0 Å². The number of carbonyl (C=O) groups is 2. The van der Waals surface area contributed by atoms with Crippen LogP contribution in [0.25, 0.3) is 0 Å². The van der Waals surface area contributed by atoms with Crippen molar-refractivity contribution in [3.05, 3.63) is 51.7 Å². The fourth-order valence-electron chi connectivity index (χ4n) is 1.99. The third kappa shape index (κ3) is 5.39. The first-order valence-corrected chi connectivity index (χ1v) is 8.06. The summed E-state index contributed by atoms with van der Waals surface area (Å²) < 4.78 is 17.6. The molecule has 0 fully saturated rings. The number of aliphatic carboxylic acids is 1. The van der Waals surface area contributed by atoms with Gasteiger partial charge < -0.3 is 15.2 Å². The Bertz CT molecular complexity index is 702. The molecule has 1 aromatic heterocycles. The Hall–Kier alpha value is -2.32. The molecule has 0 aliphatic carbocycles. The average Bonchev–Trinajstić information content (AvgIpc) is 2.97. The molecule has 0 saturated carbocycles. The molecule has 2 N–H and O–H groups in total. The van der Waals surface area contributed by atoms with Gasteiger partial charge in [0.05, 0.1) is 23.7 Å². The third-order valence-corrected chi connectivity index (χ3v) is 4.15. The summed E-state index contributed by atoms with van der Waals surface area (Å²) in [5.74, 6) is -1.74. The number of ether oxygens (including phenoxy) is 1. The summed E-state index contributed by atoms with van der Waals surface area (Å²) in [5.41, 5.74) is 1.55. The number of nitrogens with one attached hydrogen (secondary N) is 1. The largest absolute Gasteiger partial charge is 0.479 e. The van der Waals surface area contributed by atoms with Crippen molar-refractivity contribution in [2.45, 2.75) is 18.9 Å². The summed E-state index contributed by atoms with van der Waals surface area (Å²) in [4.78, 5) is 27.0. The van der Waals surface area contributed by atoms with E-state index >= 15 is 0 Å². The Kier molecular flexibility index (Phi) is 6.39. The number of hydrogen-bond acceptors (Lipinski definition) is 5. The third-order valence-electron chi connectivity index (χ3n) is 3.25. The second-order valence-corrected chi connectivity index (χ2v) is 6.02. The molecule has 0 saturated heterocycles. The van der Waals surface area contributed by atoms with Crippen LogP contribution in [0.2, 0.25) is 0 Å². The molecule has 0 spiro atoms. The number of carboxylic acid groups (broad SMARTS) is 1. The number of benzene rings is 1. The van der Waals surface area contributed by atoms with Crippen molar-refractivity contribution < 1.29 is 23.8 Å². The minimum Gasteiger partial charge on any atom is -0.479 e. The molecule has 1 atom stereocenters. The molecular weight excluding hydrogens is 335 g/mol. The van der Waals surface area contributed by atoms with Gasteiger partial charge in [-0.25, -0.2) is 14.2 Å². The molecule has 1 heterocycles. The molecule has 0 aliphatic heterocycles. The summed E-state index contributed by atoms with van der Waals surface area (Å²) in [6, 6.07) is 6.18. The standard InChI is InChI=1S/C16H17FN2O4S/c1-23-13(16(21)22)8-18-14(20)7-12-9-24-15(19-12)6-10-2-4-11(17)5-3-10/h2-5,9,13H,6-8H2,1H3,(H,18,20)(H,21,22). The van der Waals surface area contributed by atoms with E-state index in [2.05, 4.69) is 10.3 Å². The van der Waals surface area contributed by atoms with Gasteiger partial charge in [0, 0.05) is 18.9 Å². The summed E-state index contributed by atoms with van der Waals surface area (Å²) in [6.45, 7) is -0.1000. The number of aromatic nitrogens is 1. The average molecular weight is 352 g/mol. The molecule has 2 aromatic rings. The number of carboxylic acids is 1. The Morgan fingerprint density at radius 3 is 2.71 bits per heavy atom. The van der Waals surface area contributed by atoms with Crippen LogP contribution in [-0.4, -0.2) is 41.7 Å². The van der Waals surface area contributed by atoms with Crippen molar-refractivity contribution >= 4 is 23.2 Å². The number of nitrogens with zero attached hydrogens (tertiary/aromatic N) is 1. The molecule has 128 valence electrons. The van der Waals surface area contributed by atoms with Crippen molar-refractivity contribution in [3.8, 4) is 0 Å². The molecule has 0 radical (unpaired) electrons. The Morgan fingerprint density at radius 2 is 2.08 bits per heavy atom.